The van der Waals surface area contributed by atoms with Crippen molar-refractivity contribution in [3.05, 3.63) is 36.9 Å². The van der Waals surface area contributed by atoms with Crippen LogP contribution in [0.15, 0.2) is 36.9 Å². The molecule has 0 unspecified atom stereocenters. The average Bonchev–Trinajstić information content (AvgIpc) is 3.11. The van der Waals surface area contributed by atoms with Gasteiger partial charge in [-0.25, -0.2) is 9.97 Å². The van der Waals surface area contributed by atoms with E-state index >= 15 is 0 Å². The molecule has 5 nitrogen and oxygen atoms in total. The van der Waals surface area contributed by atoms with Crippen LogP contribution in [0.1, 0.15) is 0 Å². The van der Waals surface area contributed by atoms with Crippen molar-refractivity contribution >= 4 is 38.4 Å². The summed E-state index contributed by atoms with van der Waals surface area (Å²) in [6, 6.07) is 5.92. The fraction of sp³-hybridized carbons (Fsp3) is 0.231. The molecule has 104 valence electrons. The standard InChI is InChI=1S/C13H14N4OS2/c1-18-10-2-3-11-12(6-10)20-13(16-11)15-8-19-9-17-5-4-14-7-17/h2-7H,8-9H2,1H3,(H,15,16). The van der Waals surface area contributed by atoms with E-state index in [1.807, 2.05) is 35.3 Å². The van der Waals surface area contributed by atoms with Gasteiger partial charge in [0.1, 0.15) is 5.75 Å². The molecule has 0 aliphatic heterocycles. The number of thiazole rings is 1. The third-order valence-electron chi connectivity index (χ3n) is 2.72. The number of thioether (sulfide) groups is 1. The molecule has 2 heterocycles. The number of methoxy groups -OCH3 is 1. The molecule has 3 rings (SSSR count). The van der Waals surface area contributed by atoms with Crippen molar-refractivity contribution in [1.29, 1.82) is 0 Å². The maximum absolute atomic E-state index is 5.22. The van der Waals surface area contributed by atoms with Crippen LogP contribution in [0.3, 0.4) is 0 Å². The molecule has 0 spiro atoms. The Morgan fingerprint density at radius 1 is 1.45 bits per heavy atom. The Kier molecular flexibility index (Phi) is 4.08. The first-order valence-electron chi connectivity index (χ1n) is 6.07. The smallest absolute Gasteiger partial charge is 0.184 e. The summed E-state index contributed by atoms with van der Waals surface area (Å²) in [5, 5.41) is 4.27. The number of ether oxygens (including phenoxy) is 1. The molecule has 7 heteroatoms. The number of hydrogen-bond acceptors (Lipinski definition) is 6. The minimum atomic E-state index is 0.815. The Hall–Kier alpha value is -1.73. The first-order valence-corrected chi connectivity index (χ1v) is 8.04. The Bertz CT molecular complexity index is 681. The summed E-state index contributed by atoms with van der Waals surface area (Å²) in [6.45, 7) is 0. The fourth-order valence-corrected chi connectivity index (χ4v) is 3.41. The summed E-state index contributed by atoms with van der Waals surface area (Å²) in [5.74, 6) is 2.56. The number of rotatable bonds is 6. The minimum Gasteiger partial charge on any atom is -0.497 e. The number of anilines is 1. The first kappa shape index (κ1) is 13.3. The quantitative estimate of drug-likeness (QED) is 0.559. The van der Waals surface area contributed by atoms with Gasteiger partial charge >= 0.3 is 0 Å². The van der Waals surface area contributed by atoms with Crippen molar-refractivity contribution < 1.29 is 4.74 Å². The van der Waals surface area contributed by atoms with Gasteiger partial charge in [-0.1, -0.05) is 11.3 Å². The highest BCUT2D eigenvalue weighted by Crippen LogP contribution is 2.29. The topological polar surface area (TPSA) is 52.0 Å². The van der Waals surface area contributed by atoms with Gasteiger partial charge in [0.05, 0.1) is 35.4 Å². The van der Waals surface area contributed by atoms with Gasteiger partial charge in [-0.3, -0.25) is 0 Å². The third-order valence-corrected chi connectivity index (χ3v) is 4.53. The lowest BCUT2D eigenvalue weighted by Crippen LogP contribution is -1.99. The Morgan fingerprint density at radius 3 is 3.20 bits per heavy atom. The molecule has 0 radical (unpaired) electrons. The highest BCUT2D eigenvalue weighted by molar-refractivity contribution is 7.98. The maximum Gasteiger partial charge on any atom is 0.184 e. The van der Waals surface area contributed by atoms with E-state index < -0.39 is 0 Å². The van der Waals surface area contributed by atoms with E-state index in [4.69, 9.17) is 4.74 Å². The number of imidazole rings is 1. The summed E-state index contributed by atoms with van der Waals surface area (Å²) in [6.07, 6.45) is 5.56. The normalized spacial score (nSPS) is 10.8. The largest absolute Gasteiger partial charge is 0.497 e. The van der Waals surface area contributed by atoms with Crippen molar-refractivity contribution in [2.75, 3.05) is 18.3 Å². The van der Waals surface area contributed by atoms with Gasteiger partial charge in [0, 0.05) is 12.4 Å². The van der Waals surface area contributed by atoms with E-state index in [1.165, 1.54) is 0 Å². The van der Waals surface area contributed by atoms with Crippen LogP contribution in [-0.4, -0.2) is 27.5 Å². The van der Waals surface area contributed by atoms with Gasteiger partial charge in [0.25, 0.3) is 0 Å². The molecule has 1 aromatic carbocycles. The zero-order valence-electron chi connectivity index (χ0n) is 10.9. The van der Waals surface area contributed by atoms with Crippen LogP contribution >= 0.6 is 23.1 Å². The Balaban J connectivity index is 1.57. The van der Waals surface area contributed by atoms with E-state index in [0.717, 1.165) is 32.9 Å². The van der Waals surface area contributed by atoms with Crippen LogP contribution in [0.5, 0.6) is 5.75 Å². The molecule has 0 amide bonds. The number of fused-ring (bicyclic) bond motifs is 1. The van der Waals surface area contributed by atoms with E-state index in [1.54, 1.807) is 36.4 Å². The lowest BCUT2D eigenvalue weighted by molar-refractivity contribution is 0.415. The third kappa shape index (κ3) is 3.05. The second kappa shape index (κ2) is 6.15. The molecule has 0 atom stereocenters. The number of nitrogens with zero attached hydrogens (tertiary/aromatic N) is 3. The molecular formula is C13H14N4OS2. The van der Waals surface area contributed by atoms with Crippen molar-refractivity contribution in [2.24, 2.45) is 0 Å². The number of benzene rings is 1. The molecule has 0 bridgehead atoms. The second-order valence-corrected chi connectivity index (χ2v) is 6.07. The summed E-state index contributed by atoms with van der Waals surface area (Å²) in [7, 11) is 1.67. The van der Waals surface area contributed by atoms with Crippen LogP contribution in [0.4, 0.5) is 5.13 Å². The first-order chi connectivity index (χ1) is 9.85. The number of aromatic nitrogens is 3. The summed E-state index contributed by atoms with van der Waals surface area (Å²) >= 11 is 3.42. The summed E-state index contributed by atoms with van der Waals surface area (Å²) in [4.78, 5) is 8.55. The van der Waals surface area contributed by atoms with Gasteiger partial charge < -0.3 is 14.6 Å². The van der Waals surface area contributed by atoms with E-state index in [9.17, 15) is 0 Å². The van der Waals surface area contributed by atoms with Crippen molar-refractivity contribution in [1.82, 2.24) is 14.5 Å². The fourth-order valence-electron chi connectivity index (χ4n) is 1.73. The van der Waals surface area contributed by atoms with Crippen molar-refractivity contribution in [2.45, 2.75) is 5.88 Å². The predicted octanol–water partition coefficient (Wildman–Crippen LogP) is 3.26. The maximum atomic E-state index is 5.22. The Morgan fingerprint density at radius 2 is 2.40 bits per heavy atom. The molecule has 20 heavy (non-hydrogen) atoms. The number of nitrogens with one attached hydrogen (secondary N) is 1. The molecule has 0 fully saturated rings. The Labute approximate surface area is 125 Å². The molecule has 3 aromatic rings. The molecule has 2 aromatic heterocycles. The van der Waals surface area contributed by atoms with Crippen LogP contribution in [0.2, 0.25) is 0 Å². The molecule has 0 saturated heterocycles. The van der Waals surface area contributed by atoms with Crippen LogP contribution in [0, 0.1) is 0 Å². The van der Waals surface area contributed by atoms with Gasteiger partial charge in [0.15, 0.2) is 5.13 Å². The average molecular weight is 306 g/mol. The molecular weight excluding hydrogens is 292 g/mol. The van der Waals surface area contributed by atoms with Crippen LogP contribution < -0.4 is 10.1 Å². The molecule has 0 saturated carbocycles. The molecule has 0 aliphatic rings. The predicted molar refractivity (Wildman–Crippen MR) is 84.5 cm³/mol. The highest BCUT2D eigenvalue weighted by atomic mass is 32.2. The van der Waals surface area contributed by atoms with Crippen molar-refractivity contribution in [3.8, 4) is 5.75 Å². The van der Waals surface area contributed by atoms with Crippen LogP contribution in [0.25, 0.3) is 10.2 Å². The van der Waals surface area contributed by atoms with E-state index in [2.05, 4.69) is 15.3 Å². The monoisotopic (exact) mass is 306 g/mol. The lowest BCUT2D eigenvalue weighted by atomic mass is 10.3. The van der Waals surface area contributed by atoms with Gasteiger partial charge in [-0.2, -0.15) is 0 Å². The summed E-state index contributed by atoms with van der Waals surface area (Å²) < 4.78 is 8.39. The number of hydrogen-bond donors (Lipinski definition) is 1. The summed E-state index contributed by atoms with van der Waals surface area (Å²) in [5.41, 5.74) is 0.998. The van der Waals surface area contributed by atoms with E-state index in [-0.39, 0.29) is 0 Å². The SMILES string of the molecule is COc1ccc2nc(NCSCn3ccnc3)sc2c1. The van der Waals surface area contributed by atoms with Crippen LogP contribution in [-0.2, 0) is 5.88 Å². The zero-order chi connectivity index (χ0) is 13.8. The minimum absolute atomic E-state index is 0.815. The highest BCUT2D eigenvalue weighted by Gasteiger charge is 2.04. The zero-order valence-corrected chi connectivity index (χ0v) is 12.6. The second-order valence-electron chi connectivity index (χ2n) is 4.08. The molecule has 0 aliphatic carbocycles. The van der Waals surface area contributed by atoms with Gasteiger partial charge in [-0.15, -0.1) is 11.8 Å². The van der Waals surface area contributed by atoms with E-state index in [0.29, 0.717) is 0 Å². The van der Waals surface area contributed by atoms with Gasteiger partial charge in [0.2, 0.25) is 0 Å². The lowest BCUT2D eigenvalue weighted by Gasteiger charge is -2.02. The van der Waals surface area contributed by atoms with Crippen molar-refractivity contribution in [3.63, 3.8) is 0 Å². The van der Waals surface area contributed by atoms with Gasteiger partial charge in [-0.05, 0) is 18.2 Å². The molecule has 1 N–H and O–H groups in total.